The molecule has 62 valence electrons. The van der Waals surface area contributed by atoms with Crippen LogP contribution in [-0.2, 0) is 7.05 Å². The fourth-order valence-corrected chi connectivity index (χ4v) is 1.73. The Labute approximate surface area is 78.7 Å². The predicted molar refractivity (Wildman–Crippen MR) is 51.7 cm³/mol. The molecule has 0 bridgehead atoms. The van der Waals surface area contributed by atoms with Crippen molar-refractivity contribution >= 4 is 23.6 Å². The topological polar surface area (TPSA) is 33.6 Å². The minimum Gasteiger partial charge on any atom is -0.279 e. The van der Waals surface area contributed by atoms with E-state index in [0.717, 1.165) is 10.7 Å². The molecule has 0 aliphatic carbocycles. The zero-order valence-corrected chi connectivity index (χ0v) is 8.08. The second-order valence-electron chi connectivity index (χ2n) is 2.39. The van der Waals surface area contributed by atoms with E-state index in [0.29, 0.717) is 4.77 Å². The Bertz CT molecular complexity index is 424. The van der Waals surface area contributed by atoms with Crippen LogP contribution in [0.2, 0.25) is 0 Å². The molecule has 5 heteroatoms. The average molecular weight is 197 g/mol. The van der Waals surface area contributed by atoms with E-state index in [9.17, 15) is 0 Å². The lowest BCUT2D eigenvalue weighted by atomic mass is 10.4. The van der Waals surface area contributed by atoms with Crippen LogP contribution in [0.1, 0.15) is 0 Å². The number of thiophene rings is 1. The minimum absolute atomic E-state index is 0.582. The highest BCUT2D eigenvalue weighted by atomic mass is 32.1. The predicted octanol–water partition coefficient (Wildman–Crippen LogP) is 2.21. The summed E-state index contributed by atoms with van der Waals surface area (Å²) in [6, 6.07) is 4.00. The van der Waals surface area contributed by atoms with Gasteiger partial charge >= 0.3 is 0 Å². The summed E-state index contributed by atoms with van der Waals surface area (Å²) in [7, 11) is 1.85. The average Bonchev–Trinajstić information content (AvgIpc) is 2.61. The fraction of sp³-hybridized carbons (Fsp3) is 0.143. The van der Waals surface area contributed by atoms with E-state index in [-0.39, 0.29) is 0 Å². The summed E-state index contributed by atoms with van der Waals surface area (Å²) in [5, 5.41) is 5.07. The minimum atomic E-state index is 0.582. The van der Waals surface area contributed by atoms with Crippen LogP contribution in [0.3, 0.4) is 0 Å². The van der Waals surface area contributed by atoms with Gasteiger partial charge in [-0.25, -0.2) is 0 Å². The molecule has 0 aliphatic heterocycles. The third-order valence-corrected chi connectivity index (χ3v) is 2.76. The van der Waals surface area contributed by atoms with Gasteiger partial charge in [-0.15, -0.1) is 11.3 Å². The monoisotopic (exact) mass is 197 g/mol. The highest BCUT2D eigenvalue weighted by Crippen LogP contribution is 2.19. The van der Waals surface area contributed by atoms with Gasteiger partial charge in [0.25, 0.3) is 0 Å². The van der Waals surface area contributed by atoms with Gasteiger partial charge in [0.15, 0.2) is 5.82 Å². The van der Waals surface area contributed by atoms with Crippen molar-refractivity contribution in [1.29, 1.82) is 0 Å². The summed E-state index contributed by atoms with van der Waals surface area (Å²) >= 11 is 6.62. The van der Waals surface area contributed by atoms with Crippen molar-refractivity contribution in [2.45, 2.75) is 0 Å². The van der Waals surface area contributed by atoms with Gasteiger partial charge in [-0.2, -0.15) is 4.98 Å². The standard InChI is InChI=1S/C7H7N3S2/c1-10-7(11)8-6(9-10)5-3-2-4-12-5/h2-4H,1H3,(H,8,9,11). The smallest absolute Gasteiger partial charge is 0.216 e. The number of hydrogen-bond donors (Lipinski definition) is 1. The quantitative estimate of drug-likeness (QED) is 0.711. The molecule has 0 fully saturated rings. The molecule has 12 heavy (non-hydrogen) atoms. The molecule has 0 spiro atoms. The van der Waals surface area contributed by atoms with Crippen LogP contribution >= 0.6 is 23.6 Å². The maximum Gasteiger partial charge on any atom is 0.216 e. The summed E-state index contributed by atoms with van der Waals surface area (Å²) in [5.41, 5.74) is 0. The van der Waals surface area contributed by atoms with Crippen molar-refractivity contribution in [1.82, 2.24) is 14.8 Å². The van der Waals surface area contributed by atoms with E-state index >= 15 is 0 Å². The van der Waals surface area contributed by atoms with Gasteiger partial charge in [-0.1, -0.05) is 6.07 Å². The normalized spacial score (nSPS) is 10.4. The summed E-state index contributed by atoms with van der Waals surface area (Å²) in [5.74, 6) is 0.845. The first-order chi connectivity index (χ1) is 5.77. The Morgan fingerprint density at radius 2 is 2.50 bits per heavy atom. The van der Waals surface area contributed by atoms with Crippen molar-refractivity contribution in [3.05, 3.63) is 22.3 Å². The summed E-state index contributed by atoms with van der Waals surface area (Å²) < 4.78 is 2.31. The second kappa shape index (κ2) is 2.84. The highest BCUT2D eigenvalue weighted by Gasteiger charge is 2.02. The summed E-state index contributed by atoms with van der Waals surface area (Å²) in [4.78, 5) is 5.30. The summed E-state index contributed by atoms with van der Waals surface area (Å²) in [6.07, 6.45) is 0. The third-order valence-electron chi connectivity index (χ3n) is 1.52. The van der Waals surface area contributed by atoms with Crippen LogP contribution < -0.4 is 0 Å². The van der Waals surface area contributed by atoms with Gasteiger partial charge in [0, 0.05) is 7.05 Å². The molecule has 1 N–H and O–H groups in total. The maximum absolute atomic E-state index is 4.97. The molecule has 0 aliphatic rings. The molecular formula is C7H7N3S2. The second-order valence-corrected chi connectivity index (χ2v) is 3.70. The highest BCUT2D eigenvalue weighted by molar-refractivity contribution is 7.71. The number of H-pyrrole nitrogens is 1. The lowest BCUT2D eigenvalue weighted by molar-refractivity contribution is 0.756. The molecular weight excluding hydrogens is 190 g/mol. The molecule has 0 saturated heterocycles. The maximum atomic E-state index is 4.97. The summed E-state index contributed by atoms with van der Waals surface area (Å²) in [6.45, 7) is 0. The number of aromatic nitrogens is 3. The third kappa shape index (κ3) is 1.21. The molecule has 3 nitrogen and oxygen atoms in total. The number of nitrogens with one attached hydrogen (secondary N) is 1. The SMILES string of the molecule is Cn1[nH]c(-c2cccs2)nc1=S. The Kier molecular flexibility index (Phi) is 1.82. The number of aromatic amines is 1. The van der Waals surface area contributed by atoms with Gasteiger partial charge in [-0.05, 0) is 23.7 Å². The van der Waals surface area contributed by atoms with E-state index in [4.69, 9.17) is 12.2 Å². The van der Waals surface area contributed by atoms with Gasteiger partial charge in [-0.3, -0.25) is 9.78 Å². The number of hydrogen-bond acceptors (Lipinski definition) is 3. The largest absolute Gasteiger partial charge is 0.279 e. The van der Waals surface area contributed by atoms with Crippen molar-refractivity contribution in [3.8, 4) is 10.7 Å². The number of rotatable bonds is 1. The molecule has 0 unspecified atom stereocenters. The zero-order valence-electron chi connectivity index (χ0n) is 6.44. The van der Waals surface area contributed by atoms with Gasteiger partial charge in [0.05, 0.1) is 4.88 Å². The number of nitrogens with zero attached hydrogens (tertiary/aromatic N) is 2. The van der Waals surface area contributed by atoms with E-state index in [1.165, 1.54) is 0 Å². The van der Waals surface area contributed by atoms with Crippen LogP contribution in [0.4, 0.5) is 0 Å². The Balaban J connectivity index is 2.56. The molecule has 0 aromatic carbocycles. The Hall–Kier alpha value is -0.940. The lowest BCUT2D eigenvalue weighted by Crippen LogP contribution is -1.88. The first kappa shape index (κ1) is 7.70. The Morgan fingerprint density at radius 1 is 1.67 bits per heavy atom. The van der Waals surface area contributed by atoms with Crippen LogP contribution in [-0.4, -0.2) is 14.8 Å². The lowest BCUT2D eigenvalue weighted by Gasteiger charge is -1.87. The van der Waals surface area contributed by atoms with Crippen molar-refractivity contribution < 1.29 is 0 Å². The van der Waals surface area contributed by atoms with Crippen LogP contribution in [0, 0.1) is 4.77 Å². The molecule has 2 aromatic heterocycles. The van der Waals surface area contributed by atoms with E-state index in [1.807, 2.05) is 24.6 Å². The van der Waals surface area contributed by atoms with Crippen molar-refractivity contribution in [3.63, 3.8) is 0 Å². The molecule has 2 rings (SSSR count). The van der Waals surface area contributed by atoms with Gasteiger partial charge in [0.1, 0.15) is 0 Å². The zero-order chi connectivity index (χ0) is 8.55. The first-order valence-electron chi connectivity index (χ1n) is 3.44. The fourth-order valence-electron chi connectivity index (χ4n) is 0.926. The molecule has 0 saturated carbocycles. The molecule has 2 aromatic rings. The van der Waals surface area contributed by atoms with Gasteiger partial charge < -0.3 is 0 Å². The first-order valence-corrected chi connectivity index (χ1v) is 4.73. The van der Waals surface area contributed by atoms with Crippen LogP contribution in [0.15, 0.2) is 17.5 Å². The van der Waals surface area contributed by atoms with E-state index in [2.05, 4.69) is 10.1 Å². The van der Waals surface area contributed by atoms with Crippen LogP contribution in [0.25, 0.3) is 10.7 Å². The Morgan fingerprint density at radius 3 is 3.00 bits per heavy atom. The van der Waals surface area contributed by atoms with Gasteiger partial charge in [0.2, 0.25) is 4.77 Å². The van der Waals surface area contributed by atoms with Crippen molar-refractivity contribution in [2.75, 3.05) is 0 Å². The van der Waals surface area contributed by atoms with E-state index in [1.54, 1.807) is 16.0 Å². The van der Waals surface area contributed by atoms with Crippen LogP contribution in [0.5, 0.6) is 0 Å². The van der Waals surface area contributed by atoms with Crippen molar-refractivity contribution in [2.24, 2.45) is 7.05 Å². The molecule has 2 heterocycles. The molecule has 0 radical (unpaired) electrons. The molecule has 0 amide bonds. The van der Waals surface area contributed by atoms with E-state index < -0.39 is 0 Å². The number of aryl methyl sites for hydroxylation is 1. The molecule has 0 atom stereocenters.